The number of aromatic nitrogens is 5. The molecule has 1 amide bonds. The summed E-state index contributed by atoms with van der Waals surface area (Å²) in [5.74, 6) is 3.12. The Kier molecular flexibility index (Phi) is 6.59. The van der Waals surface area contributed by atoms with E-state index in [9.17, 15) is 15.2 Å². The molecule has 4 aromatic rings. The predicted octanol–water partition coefficient (Wildman–Crippen LogP) is 2.09. The highest BCUT2D eigenvalue weighted by molar-refractivity contribution is 5.87. The summed E-state index contributed by atoms with van der Waals surface area (Å²) < 4.78 is 3.47. The summed E-state index contributed by atoms with van der Waals surface area (Å²) in [5, 5.41) is 28.1. The van der Waals surface area contributed by atoms with E-state index in [1.54, 1.807) is 32.7 Å². The zero-order chi connectivity index (χ0) is 25.9. The first kappa shape index (κ1) is 24.0. The minimum atomic E-state index is -0.801. The molecule has 0 spiro atoms. The van der Waals surface area contributed by atoms with Gasteiger partial charge in [0.05, 0.1) is 36.0 Å². The second-order valence-electron chi connectivity index (χ2n) is 9.05. The number of hydrogen-bond donors (Lipinski definition) is 1. The number of nitriles is 1. The van der Waals surface area contributed by atoms with Crippen LogP contribution in [0.2, 0.25) is 0 Å². The minimum Gasteiger partial charge on any atom is -0.392 e. The van der Waals surface area contributed by atoms with Gasteiger partial charge in [0.2, 0.25) is 5.91 Å². The Bertz CT molecular complexity index is 1510. The summed E-state index contributed by atoms with van der Waals surface area (Å²) in [7, 11) is 1.87. The molecule has 0 saturated carbocycles. The largest absolute Gasteiger partial charge is 0.392 e. The summed E-state index contributed by atoms with van der Waals surface area (Å²) in [6.45, 7) is 2.40. The number of pyridine rings is 2. The lowest BCUT2D eigenvalue weighted by molar-refractivity contribution is -0.133. The van der Waals surface area contributed by atoms with Gasteiger partial charge in [0.1, 0.15) is 11.9 Å². The van der Waals surface area contributed by atoms with Crippen LogP contribution in [0.1, 0.15) is 18.4 Å². The van der Waals surface area contributed by atoms with Gasteiger partial charge >= 0.3 is 0 Å². The van der Waals surface area contributed by atoms with Crippen molar-refractivity contribution in [3.8, 4) is 40.7 Å². The molecule has 1 aliphatic heterocycles. The smallest absolute Gasteiger partial charge is 0.225 e. The highest BCUT2D eigenvalue weighted by atomic mass is 16.3. The normalized spacial score (nSPS) is 14.4. The number of anilines is 1. The van der Waals surface area contributed by atoms with Gasteiger partial charge in [-0.25, -0.2) is 9.50 Å². The van der Waals surface area contributed by atoms with Crippen LogP contribution in [0.4, 0.5) is 5.82 Å². The molecule has 37 heavy (non-hydrogen) atoms. The van der Waals surface area contributed by atoms with Gasteiger partial charge in [0.15, 0.2) is 0 Å². The molecule has 10 heteroatoms. The van der Waals surface area contributed by atoms with Crippen LogP contribution in [0.3, 0.4) is 0 Å². The lowest BCUT2D eigenvalue weighted by Gasteiger charge is -2.35. The summed E-state index contributed by atoms with van der Waals surface area (Å²) >= 11 is 0. The van der Waals surface area contributed by atoms with E-state index in [1.165, 1.54) is 0 Å². The molecule has 1 saturated heterocycles. The topological polar surface area (TPSA) is 116 Å². The van der Waals surface area contributed by atoms with Crippen LogP contribution in [0.5, 0.6) is 0 Å². The minimum absolute atomic E-state index is 0.0446. The highest BCUT2D eigenvalue weighted by Gasteiger charge is 2.23. The SMILES string of the molecule is C#CCC(O)CC(=O)N1CCN(c2ccc(-c3cc(-c4cnn(C)c4)cn4ncc(C#N)c34)cn2)CC1. The molecule has 1 fully saturated rings. The number of hydrogen-bond acceptors (Lipinski definition) is 7. The Morgan fingerprint density at radius 3 is 2.57 bits per heavy atom. The molecule has 0 bridgehead atoms. The maximum absolute atomic E-state index is 12.4. The third-order valence-corrected chi connectivity index (χ3v) is 6.55. The van der Waals surface area contributed by atoms with Gasteiger partial charge in [-0.1, -0.05) is 0 Å². The fourth-order valence-corrected chi connectivity index (χ4v) is 4.61. The zero-order valence-corrected chi connectivity index (χ0v) is 20.4. The van der Waals surface area contributed by atoms with E-state index in [2.05, 4.69) is 27.1 Å². The molecule has 1 aliphatic rings. The zero-order valence-electron chi connectivity index (χ0n) is 20.4. The molecule has 4 aromatic heterocycles. The lowest BCUT2D eigenvalue weighted by Crippen LogP contribution is -2.49. The molecule has 186 valence electrons. The van der Waals surface area contributed by atoms with Crippen LogP contribution in [-0.2, 0) is 11.8 Å². The van der Waals surface area contributed by atoms with E-state index >= 15 is 0 Å². The van der Waals surface area contributed by atoms with E-state index in [1.807, 2.05) is 37.6 Å². The van der Waals surface area contributed by atoms with Crippen molar-refractivity contribution >= 4 is 17.2 Å². The number of aryl methyl sites for hydroxylation is 1. The van der Waals surface area contributed by atoms with E-state index < -0.39 is 6.10 Å². The van der Waals surface area contributed by atoms with Crippen molar-refractivity contribution in [2.75, 3.05) is 31.1 Å². The third kappa shape index (κ3) is 4.88. The monoisotopic (exact) mass is 494 g/mol. The van der Waals surface area contributed by atoms with Crippen LogP contribution >= 0.6 is 0 Å². The summed E-state index contributed by atoms with van der Waals surface area (Å²) in [4.78, 5) is 21.0. The van der Waals surface area contributed by atoms with Crippen LogP contribution < -0.4 is 4.90 Å². The molecule has 5 rings (SSSR count). The number of fused-ring (bicyclic) bond motifs is 1. The van der Waals surface area contributed by atoms with Crippen molar-refractivity contribution in [2.24, 2.45) is 7.05 Å². The molecule has 1 atom stereocenters. The van der Waals surface area contributed by atoms with Gasteiger partial charge in [0.25, 0.3) is 0 Å². The molecule has 1 N–H and O–H groups in total. The summed E-state index contributed by atoms with van der Waals surface area (Å²) in [6.07, 6.45) is 13.6. The predicted molar refractivity (Wildman–Crippen MR) is 138 cm³/mol. The summed E-state index contributed by atoms with van der Waals surface area (Å²) in [5.41, 5.74) is 4.82. The van der Waals surface area contributed by atoms with E-state index in [-0.39, 0.29) is 18.7 Å². The molecule has 10 nitrogen and oxygen atoms in total. The lowest BCUT2D eigenvalue weighted by atomic mass is 10.0. The first-order chi connectivity index (χ1) is 18.0. The second kappa shape index (κ2) is 10.1. The molecule has 1 unspecified atom stereocenters. The van der Waals surface area contributed by atoms with E-state index in [0.29, 0.717) is 31.7 Å². The molecule has 0 aromatic carbocycles. The number of aliphatic hydroxyl groups excluding tert-OH is 1. The third-order valence-electron chi connectivity index (χ3n) is 6.55. The van der Waals surface area contributed by atoms with Gasteiger partial charge in [-0.3, -0.25) is 9.48 Å². The number of terminal acetylenes is 1. The van der Waals surface area contributed by atoms with Crippen molar-refractivity contribution in [2.45, 2.75) is 18.9 Å². The maximum Gasteiger partial charge on any atom is 0.225 e. The van der Waals surface area contributed by atoms with E-state index in [0.717, 1.165) is 33.6 Å². The standard InChI is InChI=1S/C27H26N8O2/c1-3-4-23(36)12-26(37)34-9-7-33(8-10-34)25-6-5-19(14-29-25)24-11-20(22-16-30-32(2)17-22)18-35-27(24)21(13-28)15-31-35/h1,5-6,11,14-18,23,36H,4,7-10,12H2,2H3. The first-order valence-electron chi connectivity index (χ1n) is 12.0. The van der Waals surface area contributed by atoms with Crippen LogP contribution in [0.25, 0.3) is 27.8 Å². The fourth-order valence-electron chi connectivity index (χ4n) is 4.61. The van der Waals surface area contributed by atoms with Gasteiger partial charge in [-0.2, -0.15) is 15.5 Å². The number of aliphatic hydroxyl groups is 1. The fraction of sp³-hybridized carbons (Fsp3) is 0.296. The number of amides is 1. The van der Waals surface area contributed by atoms with Crippen molar-refractivity contribution in [1.82, 2.24) is 29.3 Å². The van der Waals surface area contributed by atoms with Gasteiger partial charge in [-0.15, -0.1) is 12.3 Å². The molecule has 0 radical (unpaired) electrons. The number of carbonyl (C=O) groups excluding carboxylic acids is 1. The van der Waals surface area contributed by atoms with Gasteiger partial charge in [0, 0.05) is 80.5 Å². The van der Waals surface area contributed by atoms with Gasteiger partial charge in [-0.05, 0) is 18.2 Å². The molecular weight excluding hydrogens is 468 g/mol. The summed E-state index contributed by atoms with van der Waals surface area (Å²) in [6, 6.07) is 8.21. The van der Waals surface area contributed by atoms with Crippen molar-refractivity contribution in [1.29, 1.82) is 5.26 Å². The Morgan fingerprint density at radius 1 is 1.11 bits per heavy atom. The quantitative estimate of drug-likeness (QED) is 0.408. The van der Waals surface area contributed by atoms with Crippen LogP contribution in [0.15, 0.2) is 49.2 Å². The van der Waals surface area contributed by atoms with Crippen molar-refractivity contribution in [3.05, 3.63) is 54.7 Å². The Hall–Kier alpha value is -4.67. The van der Waals surface area contributed by atoms with E-state index in [4.69, 9.17) is 11.4 Å². The molecular formula is C27H26N8O2. The second-order valence-corrected chi connectivity index (χ2v) is 9.05. The Morgan fingerprint density at radius 2 is 1.92 bits per heavy atom. The van der Waals surface area contributed by atoms with Crippen LogP contribution in [0, 0.1) is 23.7 Å². The number of nitrogens with zero attached hydrogens (tertiary/aromatic N) is 8. The number of carbonyl (C=O) groups is 1. The average Bonchev–Trinajstić information content (AvgIpc) is 3.54. The molecule has 0 aliphatic carbocycles. The molecule has 5 heterocycles. The number of piperazine rings is 1. The maximum atomic E-state index is 12.4. The van der Waals surface area contributed by atoms with Crippen molar-refractivity contribution in [3.63, 3.8) is 0 Å². The van der Waals surface area contributed by atoms with Gasteiger partial charge < -0.3 is 14.9 Å². The Labute approximate surface area is 214 Å². The van der Waals surface area contributed by atoms with Crippen molar-refractivity contribution < 1.29 is 9.90 Å². The van der Waals surface area contributed by atoms with Crippen LogP contribution in [-0.4, -0.2) is 72.6 Å². The average molecular weight is 495 g/mol. The highest BCUT2D eigenvalue weighted by Crippen LogP contribution is 2.32. The first-order valence-corrected chi connectivity index (χ1v) is 12.0. The Balaban J connectivity index is 1.36. The number of rotatable bonds is 6.